The van der Waals surface area contributed by atoms with E-state index in [1.807, 2.05) is 21.7 Å². The smallest absolute Gasteiger partial charge is 0.234 e. The van der Waals surface area contributed by atoms with Crippen LogP contribution in [-0.4, -0.2) is 25.2 Å². The number of amides is 1. The van der Waals surface area contributed by atoms with Crippen molar-refractivity contribution < 1.29 is 4.79 Å². The summed E-state index contributed by atoms with van der Waals surface area (Å²) in [7, 11) is 0. The maximum Gasteiger partial charge on any atom is 0.234 e. The molecule has 1 aliphatic carbocycles. The molecule has 3 aromatic heterocycles. The molecule has 6 rings (SSSR count). The van der Waals surface area contributed by atoms with Crippen molar-refractivity contribution >= 4 is 17.2 Å². The van der Waals surface area contributed by atoms with Crippen molar-refractivity contribution in [2.24, 2.45) is 0 Å². The van der Waals surface area contributed by atoms with Gasteiger partial charge in [0.2, 0.25) is 5.91 Å². The van der Waals surface area contributed by atoms with Gasteiger partial charge in [0.15, 0.2) is 0 Å². The number of aryl methyl sites for hydroxylation is 1. The highest BCUT2D eigenvalue weighted by Crippen LogP contribution is 2.46. The van der Waals surface area contributed by atoms with E-state index < -0.39 is 0 Å². The van der Waals surface area contributed by atoms with E-state index in [0.717, 1.165) is 48.4 Å². The molecule has 1 fully saturated rings. The maximum atomic E-state index is 13.9. The summed E-state index contributed by atoms with van der Waals surface area (Å²) in [6, 6.07) is 16.7. The molecule has 0 unspecified atom stereocenters. The molecule has 2 aliphatic rings. The lowest BCUT2D eigenvalue weighted by molar-refractivity contribution is -0.138. The van der Waals surface area contributed by atoms with Crippen LogP contribution in [0.2, 0.25) is 0 Å². The molecule has 1 saturated carbocycles. The molecule has 0 N–H and O–H groups in total. The van der Waals surface area contributed by atoms with Crippen molar-refractivity contribution in [1.29, 1.82) is 0 Å². The molecule has 32 heavy (non-hydrogen) atoms. The molecule has 0 bridgehead atoms. The summed E-state index contributed by atoms with van der Waals surface area (Å²) in [6.45, 7) is 3.29. The van der Waals surface area contributed by atoms with E-state index in [9.17, 15) is 4.79 Å². The Labute approximate surface area is 191 Å². The Morgan fingerprint density at radius 3 is 2.56 bits per heavy atom. The van der Waals surface area contributed by atoms with E-state index in [1.165, 1.54) is 10.4 Å². The van der Waals surface area contributed by atoms with Gasteiger partial charge < -0.3 is 9.47 Å². The number of carbonyl (C=O) groups excluding carboxylic acids is 1. The van der Waals surface area contributed by atoms with Gasteiger partial charge in [0.25, 0.3) is 0 Å². The lowest BCUT2D eigenvalue weighted by atomic mass is 9.83. The fraction of sp³-hybridized carbons (Fsp3) is 0.308. The van der Waals surface area contributed by atoms with Gasteiger partial charge in [-0.2, -0.15) is 5.10 Å². The first-order valence-corrected chi connectivity index (χ1v) is 12.2. The lowest BCUT2D eigenvalue weighted by Gasteiger charge is -2.31. The summed E-state index contributed by atoms with van der Waals surface area (Å²) < 4.78 is 4.15. The number of aromatic nitrogens is 3. The van der Waals surface area contributed by atoms with Gasteiger partial charge in [-0.1, -0.05) is 31.0 Å². The summed E-state index contributed by atoms with van der Waals surface area (Å²) in [6.07, 6.45) is 8.26. The first kappa shape index (κ1) is 19.6. The van der Waals surface area contributed by atoms with Crippen LogP contribution in [0.4, 0.5) is 0 Å². The highest BCUT2D eigenvalue weighted by Gasteiger charge is 2.47. The van der Waals surface area contributed by atoms with Crippen LogP contribution in [0.3, 0.4) is 0 Å². The molecule has 1 aromatic carbocycles. The van der Waals surface area contributed by atoms with Crippen LogP contribution in [0.15, 0.2) is 66.3 Å². The maximum absolute atomic E-state index is 13.9. The first-order valence-electron chi connectivity index (χ1n) is 11.3. The Morgan fingerprint density at radius 2 is 1.84 bits per heavy atom. The molecule has 5 nitrogen and oxygen atoms in total. The molecule has 6 heteroatoms. The van der Waals surface area contributed by atoms with Crippen molar-refractivity contribution in [1.82, 2.24) is 19.2 Å². The summed E-state index contributed by atoms with van der Waals surface area (Å²) >= 11 is 1.72. The molecule has 0 atom stereocenters. The zero-order chi connectivity index (χ0) is 21.7. The fourth-order valence-electron chi connectivity index (χ4n) is 5.42. The number of thiophene rings is 1. The predicted molar refractivity (Wildman–Crippen MR) is 126 cm³/mol. The lowest BCUT2D eigenvalue weighted by Crippen LogP contribution is -2.42. The third-order valence-corrected chi connectivity index (χ3v) is 8.04. The minimum atomic E-state index is -0.349. The zero-order valence-corrected chi connectivity index (χ0v) is 19.0. The molecule has 0 saturated heterocycles. The van der Waals surface area contributed by atoms with Crippen LogP contribution in [-0.2, 0) is 23.3 Å². The van der Waals surface area contributed by atoms with E-state index in [2.05, 4.69) is 65.7 Å². The Bertz CT molecular complexity index is 1260. The van der Waals surface area contributed by atoms with Crippen LogP contribution >= 0.6 is 11.3 Å². The third kappa shape index (κ3) is 2.97. The standard InChI is InChI=1S/C26H26N4OS/c1-19-8-6-9-20(16-19)30-24(28-13-4-5-14-28)21-17-29(18-22(21)27-30)25(31)26(11-2-3-12-26)23-10-7-15-32-23/h4-10,13-16H,2-3,11-12,17-18H2,1H3. The van der Waals surface area contributed by atoms with E-state index in [4.69, 9.17) is 5.10 Å². The molecule has 1 aliphatic heterocycles. The minimum Gasteiger partial charge on any atom is -0.331 e. The molecular formula is C26H26N4OS. The van der Waals surface area contributed by atoms with Gasteiger partial charge in [0.05, 0.1) is 29.9 Å². The van der Waals surface area contributed by atoms with Gasteiger partial charge >= 0.3 is 0 Å². The Kier molecular flexibility index (Phi) is 4.57. The van der Waals surface area contributed by atoms with Crippen LogP contribution in [0.25, 0.3) is 11.5 Å². The summed E-state index contributed by atoms with van der Waals surface area (Å²) in [5.41, 5.74) is 4.05. The number of benzene rings is 1. The van der Waals surface area contributed by atoms with E-state index in [-0.39, 0.29) is 11.3 Å². The summed E-state index contributed by atoms with van der Waals surface area (Å²) in [5.74, 6) is 1.30. The Balaban J connectivity index is 1.39. The molecule has 1 amide bonds. The third-order valence-electron chi connectivity index (χ3n) is 6.97. The molecular weight excluding hydrogens is 416 g/mol. The molecule has 162 valence electrons. The van der Waals surface area contributed by atoms with Gasteiger partial charge in [0.1, 0.15) is 5.82 Å². The van der Waals surface area contributed by atoms with E-state index in [1.54, 1.807) is 11.3 Å². The predicted octanol–water partition coefficient (Wildman–Crippen LogP) is 5.39. The highest BCUT2D eigenvalue weighted by atomic mass is 32.1. The van der Waals surface area contributed by atoms with Crippen LogP contribution < -0.4 is 0 Å². The van der Waals surface area contributed by atoms with Crippen LogP contribution in [0.5, 0.6) is 0 Å². The van der Waals surface area contributed by atoms with E-state index in [0.29, 0.717) is 13.1 Å². The zero-order valence-electron chi connectivity index (χ0n) is 18.2. The molecule has 0 radical (unpaired) electrons. The van der Waals surface area contributed by atoms with Crippen molar-refractivity contribution in [3.63, 3.8) is 0 Å². The molecule has 4 heterocycles. The van der Waals surface area contributed by atoms with Crippen molar-refractivity contribution in [2.45, 2.75) is 51.1 Å². The number of fused-ring (bicyclic) bond motifs is 1. The summed E-state index contributed by atoms with van der Waals surface area (Å²) in [5, 5.41) is 7.10. The number of rotatable bonds is 4. The van der Waals surface area contributed by atoms with Gasteiger partial charge in [-0.3, -0.25) is 4.79 Å². The second-order valence-corrected chi connectivity index (χ2v) is 9.97. The largest absolute Gasteiger partial charge is 0.331 e. The number of carbonyl (C=O) groups is 1. The SMILES string of the molecule is Cc1cccc(-n2nc3c(c2-n2cccc2)CN(C(=O)C2(c4cccs4)CCCC2)C3)c1. The van der Waals surface area contributed by atoms with Gasteiger partial charge in [0, 0.05) is 22.8 Å². The van der Waals surface area contributed by atoms with Gasteiger partial charge in [-0.25, -0.2) is 4.68 Å². The van der Waals surface area contributed by atoms with Crippen molar-refractivity contribution in [3.05, 3.63) is 88.0 Å². The fourth-order valence-corrected chi connectivity index (χ4v) is 6.40. The quantitative estimate of drug-likeness (QED) is 0.425. The second-order valence-electron chi connectivity index (χ2n) is 9.02. The Morgan fingerprint density at radius 1 is 1.03 bits per heavy atom. The second kappa shape index (κ2) is 7.48. The van der Waals surface area contributed by atoms with Gasteiger partial charge in [-0.15, -0.1) is 11.3 Å². The molecule has 0 spiro atoms. The number of hydrogen-bond acceptors (Lipinski definition) is 3. The summed E-state index contributed by atoms with van der Waals surface area (Å²) in [4.78, 5) is 17.2. The highest BCUT2D eigenvalue weighted by molar-refractivity contribution is 7.10. The monoisotopic (exact) mass is 442 g/mol. The number of nitrogens with zero attached hydrogens (tertiary/aromatic N) is 4. The topological polar surface area (TPSA) is 43.1 Å². The number of hydrogen-bond donors (Lipinski definition) is 0. The van der Waals surface area contributed by atoms with Crippen molar-refractivity contribution in [3.8, 4) is 11.5 Å². The van der Waals surface area contributed by atoms with Gasteiger partial charge in [-0.05, 0) is 61.0 Å². The van der Waals surface area contributed by atoms with Crippen molar-refractivity contribution in [2.75, 3.05) is 0 Å². The Hall–Kier alpha value is -3.12. The van der Waals surface area contributed by atoms with Crippen LogP contribution in [0.1, 0.15) is 47.4 Å². The minimum absolute atomic E-state index is 0.274. The first-order chi connectivity index (χ1) is 15.7. The normalized spacial score (nSPS) is 17.1. The average molecular weight is 443 g/mol. The molecule has 4 aromatic rings. The average Bonchev–Trinajstić information content (AvgIpc) is 3.60. The van der Waals surface area contributed by atoms with E-state index >= 15 is 0 Å². The van der Waals surface area contributed by atoms with Crippen LogP contribution in [0, 0.1) is 6.92 Å².